The van der Waals surface area contributed by atoms with E-state index in [-0.39, 0.29) is 11.9 Å². The van der Waals surface area contributed by atoms with Gasteiger partial charge in [-0.3, -0.25) is 0 Å². The Kier molecular flexibility index (Phi) is 5.22. The minimum Gasteiger partial charge on any atom is -0.472 e. The van der Waals surface area contributed by atoms with Crippen molar-refractivity contribution in [1.82, 2.24) is 9.29 Å². The Balaban J connectivity index is 1.65. The van der Waals surface area contributed by atoms with Gasteiger partial charge in [0, 0.05) is 12.7 Å². The van der Waals surface area contributed by atoms with Crippen LogP contribution in [0.2, 0.25) is 0 Å². The minimum atomic E-state index is -3.34. The van der Waals surface area contributed by atoms with E-state index in [1.807, 2.05) is 43.3 Å². The number of hydrogen-bond acceptors (Lipinski definition) is 4. The van der Waals surface area contributed by atoms with E-state index in [0.29, 0.717) is 25.4 Å². The van der Waals surface area contributed by atoms with Gasteiger partial charge in [0.15, 0.2) is 0 Å². The summed E-state index contributed by atoms with van der Waals surface area (Å²) in [6.07, 6.45) is 2.14. The van der Waals surface area contributed by atoms with Gasteiger partial charge in [-0.05, 0) is 47.0 Å². The van der Waals surface area contributed by atoms with Gasteiger partial charge in [-0.2, -0.15) is 4.31 Å². The van der Waals surface area contributed by atoms with Crippen molar-refractivity contribution >= 4 is 26.0 Å². The highest BCUT2D eigenvalue weighted by molar-refractivity contribution is 9.10. The molecule has 0 bridgehead atoms. The largest absolute Gasteiger partial charge is 0.472 e. The van der Waals surface area contributed by atoms with Crippen LogP contribution in [0.15, 0.2) is 47.1 Å². The molecule has 2 aromatic rings. The van der Waals surface area contributed by atoms with E-state index in [1.54, 1.807) is 6.20 Å². The van der Waals surface area contributed by atoms with Gasteiger partial charge in [0.25, 0.3) is 0 Å². The highest BCUT2D eigenvalue weighted by atomic mass is 79.9. The van der Waals surface area contributed by atoms with Gasteiger partial charge in [0.1, 0.15) is 6.10 Å². The molecule has 1 atom stereocenters. The molecule has 0 N–H and O–H groups in total. The van der Waals surface area contributed by atoms with E-state index < -0.39 is 10.0 Å². The summed E-state index contributed by atoms with van der Waals surface area (Å²) < 4.78 is 33.4. The van der Waals surface area contributed by atoms with Crippen LogP contribution in [0.5, 0.6) is 5.88 Å². The fourth-order valence-electron chi connectivity index (χ4n) is 2.77. The van der Waals surface area contributed by atoms with Crippen molar-refractivity contribution in [2.24, 2.45) is 0 Å². The van der Waals surface area contributed by atoms with Crippen molar-refractivity contribution in [3.63, 3.8) is 0 Å². The maximum Gasteiger partial charge on any atom is 0.228 e. The third-order valence-corrected chi connectivity index (χ3v) is 6.36. The second kappa shape index (κ2) is 7.21. The van der Waals surface area contributed by atoms with Gasteiger partial charge in [-0.25, -0.2) is 13.4 Å². The molecule has 0 aliphatic carbocycles. The van der Waals surface area contributed by atoms with Crippen LogP contribution in [0.4, 0.5) is 0 Å². The van der Waals surface area contributed by atoms with E-state index in [4.69, 9.17) is 4.74 Å². The van der Waals surface area contributed by atoms with Crippen LogP contribution in [0.1, 0.15) is 17.5 Å². The maximum atomic E-state index is 12.6. The van der Waals surface area contributed by atoms with Gasteiger partial charge in [-0.15, -0.1) is 0 Å². The average molecular weight is 411 g/mol. The summed E-state index contributed by atoms with van der Waals surface area (Å²) in [5.41, 5.74) is 1.87. The van der Waals surface area contributed by atoms with Gasteiger partial charge < -0.3 is 4.74 Å². The fraction of sp³-hybridized carbons (Fsp3) is 0.353. The van der Waals surface area contributed by atoms with E-state index in [9.17, 15) is 8.42 Å². The normalized spacial score (nSPS) is 18.7. The number of aromatic nitrogens is 1. The molecule has 2 heterocycles. The van der Waals surface area contributed by atoms with Crippen molar-refractivity contribution in [3.05, 3.63) is 58.2 Å². The van der Waals surface area contributed by atoms with Gasteiger partial charge >= 0.3 is 0 Å². The van der Waals surface area contributed by atoms with E-state index in [1.165, 1.54) is 4.31 Å². The highest BCUT2D eigenvalue weighted by Crippen LogP contribution is 2.26. The third kappa shape index (κ3) is 4.15. The lowest BCUT2D eigenvalue weighted by Gasteiger charge is -2.17. The summed E-state index contributed by atoms with van der Waals surface area (Å²) in [4.78, 5) is 4.17. The van der Waals surface area contributed by atoms with Gasteiger partial charge in [-0.1, -0.05) is 29.8 Å². The number of ether oxygens (including phenoxy) is 1. The Hall–Kier alpha value is -1.44. The van der Waals surface area contributed by atoms with Crippen LogP contribution >= 0.6 is 15.9 Å². The standard InChI is InChI=1S/C17H19BrN2O3S/c1-13-4-2-5-14(10-13)12-24(21,22)20-9-7-15(11-20)23-17-16(18)6-3-8-19-17/h2-6,8,10,15H,7,9,11-12H2,1H3. The number of halogens is 1. The summed E-state index contributed by atoms with van der Waals surface area (Å²) in [7, 11) is -3.34. The molecule has 1 aromatic carbocycles. The molecular formula is C17H19BrN2O3S. The summed E-state index contributed by atoms with van der Waals surface area (Å²) in [5.74, 6) is 0.523. The topological polar surface area (TPSA) is 59.5 Å². The molecule has 5 nitrogen and oxygen atoms in total. The molecule has 24 heavy (non-hydrogen) atoms. The Morgan fingerprint density at radius 3 is 2.92 bits per heavy atom. The Labute approximate surface area is 150 Å². The molecule has 1 saturated heterocycles. The molecule has 0 spiro atoms. The first kappa shape index (κ1) is 17.4. The lowest BCUT2D eigenvalue weighted by Crippen LogP contribution is -2.32. The third-order valence-electron chi connectivity index (χ3n) is 3.94. The van der Waals surface area contributed by atoms with Crippen LogP contribution in [0.25, 0.3) is 0 Å². The van der Waals surface area contributed by atoms with Crippen LogP contribution in [-0.4, -0.2) is 36.9 Å². The van der Waals surface area contributed by atoms with Crippen LogP contribution in [0, 0.1) is 6.92 Å². The van der Waals surface area contributed by atoms with Crippen LogP contribution < -0.4 is 4.74 Å². The number of nitrogens with zero attached hydrogens (tertiary/aromatic N) is 2. The van der Waals surface area contributed by atoms with E-state index in [2.05, 4.69) is 20.9 Å². The number of benzene rings is 1. The smallest absolute Gasteiger partial charge is 0.228 e. The lowest BCUT2D eigenvalue weighted by molar-refractivity contribution is 0.205. The number of rotatable bonds is 5. The predicted molar refractivity (Wildman–Crippen MR) is 96.3 cm³/mol. The summed E-state index contributed by atoms with van der Waals surface area (Å²) in [5, 5.41) is 0. The molecule has 0 amide bonds. The number of aryl methyl sites for hydroxylation is 1. The molecule has 0 radical (unpaired) electrons. The van der Waals surface area contributed by atoms with Crippen molar-refractivity contribution in [1.29, 1.82) is 0 Å². The Morgan fingerprint density at radius 1 is 1.33 bits per heavy atom. The molecule has 7 heteroatoms. The predicted octanol–water partition coefficient (Wildman–Crippen LogP) is 3.14. The summed E-state index contributed by atoms with van der Waals surface area (Å²) in [6.45, 7) is 2.79. The quantitative estimate of drug-likeness (QED) is 0.759. The molecule has 1 aliphatic heterocycles. The Bertz CT molecular complexity index is 826. The molecule has 1 fully saturated rings. The molecule has 0 saturated carbocycles. The van der Waals surface area contributed by atoms with Crippen LogP contribution in [0.3, 0.4) is 0 Å². The zero-order chi connectivity index (χ0) is 17.2. The molecule has 3 rings (SSSR count). The molecule has 128 valence electrons. The zero-order valence-electron chi connectivity index (χ0n) is 13.4. The van der Waals surface area contributed by atoms with Crippen molar-refractivity contribution in [2.45, 2.75) is 25.2 Å². The van der Waals surface area contributed by atoms with Crippen molar-refractivity contribution in [2.75, 3.05) is 13.1 Å². The monoisotopic (exact) mass is 410 g/mol. The SMILES string of the molecule is Cc1cccc(CS(=O)(=O)N2CCC(Oc3ncccc3Br)C2)c1. The number of hydrogen-bond donors (Lipinski definition) is 0. The zero-order valence-corrected chi connectivity index (χ0v) is 15.8. The van der Waals surface area contributed by atoms with Crippen molar-refractivity contribution < 1.29 is 13.2 Å². The average Bonchev–Trinajstić information content (AvgIpc) is 2.99. The first-order valence-electron chi connectivity index (χ1n) is 7.74. The van der Waals surface area contributed by atoms with E-state index >= 15 is 0 Å². The van der Waals surface area contributed by atoms with Gasteiger partial charge in [0.05, 0.1) is 16.8 Å². The second-order valence-electron chi connectivity index (χ2n) is 5.92. The van der Waals surface area contributed by atoms with Crippen molar-refractivity contribution in [3.8, 4) is 5.88 Å². The molecule has 1 aromatic heterocycles. The highest BCUT2D eigenvalue weighted by Gasteiger charge is 2.33. The molecular weight excluding hydrogens is 392 g/mol. The minimum absolute atomic E-state index is 0.0225. The maximum absolute atomic E-state index is 12.6. The number of pyridine rings is 1. The molecule has 1 unspecified atom stereocenters. The second-order valence-corrected chi connectivity index (χ2v) is 8.75. The van der Waals surface area contributed by atoms with Gasteiger partial charge in [0.2, 0.25) is 15.9 Å². The molecule has 1 aliphatic rings. The van der Waals surface area contributed by atoms with E-state index in [0.717, 1.165) is 15.6 Å². The lowest BCUT2D eigenvalue weighted by atomic mass is 10.2. The Morgan fingerprint density at radius 2 is 2.17 bits per heavy atom. The fourth-order valence-corrected chi connectivity index (χ4v) is 4.67. The first-order chi connectivity index (χ1) is 11.4. The first-order valence-corrected chi connectivity index (χ1v) is 10.1. The van der Waals surface area contributed by atoms with Crippen LogP contribution in [-0.2, 0) is 15.8 Å². The summed E-state index contributed by atoms with van der Waals surface area (Å²) >= 11 is 3.39. The number of sulfonamides is 1. The summed E-state index contributed by atoms with van der Waals surface area (Å²) in [6, 6.07) is 11.3.